The second-order valence-electron chi connectivity index (χ2n) is 5.80. The molecule has 22 heavy (non-hydrogen) atoms. The molecule has 0 aromatic heterocycles. The van der Waals surface area contributed by atoms with Crippen LogP contribution in [0.5, 0.6) is 0 Å². The van der Waals surface area contributed by atoms with Crippen molar-refractivity contribution in [1.82, 2.24) is 5.32 Å². The number of esters is 1. The van der Waals surface area contributed by atoms with Crippen molar-refractivity contribution in [2.24, 2.45) is 0 Å². The van der Waals surface area contributed by atoms with Crippen molar-refractivity contribution in [1.29, 1.82) is 0 Å². The van der Waals surface area contributed by atoms with E-state index in [1.54, 1.807) is 0 Å². The quantitative estimate of drug-likeness (QED) is 0.273. The molecule has 1 amide bonds. The molecule has 0 fully saturated rings. The number of carboxylic acid groups (broad SMARTS) is 1. The van der Waals surface area contributed by atoms with Gasteiger partial charge in [0.1, 0.15) is 0 Å². The van der Waals surface area contributed by atoms with Crippen LogP contribution in [0.2, 0.25) is 0 Å². The second-order valence-corrected chi connectivity index (χ2v) is 5.80. The van der Waals surface area contributed by atoms with Gasteiger partial charge in [-0.3, -0.25) is 10.1 Å². The lowest BCUT2D eigenvalue weighted by molar-refractivity contribution is -0.150. The minimum Gasteiger partial charge on any atom is -0.465 e. The highest BCUT2D eigenvalue weighted by Gasteiger charge is 2.15. The topological polar surface area (TPSA) is 75.6 Å². The summed E-state index contributed by atoms with van der Waals surface area (Å²) in [4.78, 5) is 22.4. The molecule has 0 bridgehead atoms. The van der Waals surface area contributed by atoms with Crippen LogP contribution in [0.4, 0.5) is 4.79 Å². The van der Waals surface area contributed by atoms with Gasteiger partial charge in [-0.15, -0.1) is 0 Å². The van der Waals surface area contributed by atoms with Gasteiger partial charge in [-0.25, -0.2) is 4.79 Å². The summed E-state index contributed by atoms with van der Waals surface area (Å²) in [5.74, 6) is -0.305. The zero-order chi connectivity index (χ0) is 16.6. The van der Waals surface area contributed by atoms with E-state index in [4.69, 9.17) is 9.84 Å². The second kappa shape index (κ2) is 14.7. The molecule has 0 aromatic carbocycles. The average molecular weight is 315 g/mol. The molecule has 0 saturated carbocycles. The van der Waals surface area contributed by atoms with E-state index in [0.717, 1.165) is 32.1 Å². The predicted octanol–water partition coefficient (Wildman–Crippen LogP) is 4.84. The minimum absolute atomic E-state index is 0.305. The van der Waals surface area contributed by atoms with Gasteiger partial charge >= 0.3 is 12.1 Å². The summed E-state index contributed by atoms with van der Waals surface area (Å²) in [6.07, 6.45) is 10.2. The Hall–Kier alpha value is -1.26. The lowest BCUT2D eigenvalue weighted by Crippen LogP contribution is -2.37. The zero-order valence-corrected chi connectivity index (χ0v) is 14.2. The molecular weight excluding hydrogens is 282 g/mol. The van der Waals surface area contributed by atoms with E-state index in [9.17, 15) is 9.59 Å². The van der Waals surface area contributed by atoms with E-state index < -0.39 is 12.3 Å². The van der Waals surface area contributed by atoms with Crippen LogP contribution in [0.25, 0.3) is 0 Å². The summed E-state index contributed by atoms with van der Waals surface area (Å²) in [6.45, 7) is 4.22. The Labute approximate surface area is 134 Å². The van der Waals surface area contributed by atoms with E-state index >= 15 is 0 Å². The van der Waals surface area contributed by atoms with Crippen LogP contribution in [-0.2, 0) is 9.53 Å². The molecule has 0 spiro atoms. The molecule has 0 saturated heterocycles. The molecule has 0 rings (SSSR count). The number of carbonyl (C=O) groups excluding carboxylic acids is 1. The maximum atomic E-state index is 11.7. The van der Waals surface area contributed by atoms with E-state index in [0.29, 0.717) is 12.8 Å². The lowest BCUT2D eigenvalue weighted by atomic mass is 10.1. The van der Waals surface area contributed by atoms with Crippen molar-refractivity contribution in [2.75, 3.05) is 0 Å². The number of unbranched alkanes of at least 4 members (excludes halogenated alkanes) is 8. The molecule has 1 unspecified atom stereocenters. The largest absolute Gasteiger partial charge is 0.465 e. The van der Waals surface area contributed by atoms with E-state index in [1.807, 2.05) is 6.92 Å². The highest BCUT2D eigenvalue weighted by Crippen LogP contribution is 2.11. The fraction of sp³-hybridized carbons (Fsp3) is 0.882. The third-order valence-corrected chi connectivity index (χ3v) is 3.61. The normalized spacial score (nSPS) is 11.9. The highest BCUT2D eigenvalue weighted by atomic mass is 16.6. The first-order chi connectivity index (χ1) is 10.6. The Morgan fingerprint density at radius 1 is 0.909 bits per heavy atom. The zero-order valence-electron chi connectivity index (χ0n) is 14.2. The Morgan fingerprint density at radius 2 is 1.45 bits per heavy atom. The molecule has 5 nitrogen and oxygen atoms in total. The molecule has 2 N–H and O–H groups in total. The molecule has 0 aliphatic heterocycles. The first kappa shape index (κ1) is 20.7. The van der Waals surface area contributed by atoms with Crippen LogP contribution in [0, 0.1) is 0 Å². The number of amides is 1. The fourth-order valence-electron chi connectivity index (χ4n) is 2.31. The highest BCUT2D eigenvalue weighted by molar-refractivity contribution is 5.70. The van der Waals surface area contributed by atoms with Crippen LogP contribution in [-0.4, -0.2) is 23.4 Å². The van der Waals surface area contributed by atoms with E-state index in [-0.39, 0.29) is 5.97 Å². The van der Waals surface area contributed by atoms with Gasteiger partial charge in [-0.2, -0.15) is 0 Å². The molecule has 5 heteroatoms. The van der Waals surface area contributed by atoms with Crippen LogP contribution >= 0.6 is 0 Å². The predicted molar refractivity (Wildman–Crippen MR) is 87.8 cm³/mol. The van der Waals surface area contributed by atoms with Gasteiger partial charge in [-0.05, 0) is 12.8 Å². The summed E-state index contributed by atoms with van der Waals surface area (Å²) in [7, 11) is 0. The molecule has 0 aromatic rings. The number of nitrogens with one attached hydrogen (secondary N) is 1. The monoisotopic (exact) mass is 315 g/mol. The molecular formula is C17H33NO4. The van der Waals surface area contributed by atoms with Gasteiger partial charge in [0.25, 0.3) is 0 Å². The summed E-state index contributed by atoms with van der Waals surface area (Å²) >= 11 is 0. The molecule has 1 atom stereocenters. The molecule has 130 valence electrons. The lowest BCUT2D eigenvalue weighted by Gasteiger charge is -2.17. The summed E-state index contributed by atoms with van der Waals surface area (Å²) in [5.41, 5.74) is 0. The maximum absolute atomic E-state index is 11.7. The van der Waals surface area contributed by atoms with E-state index in [1.165, 1.54) is 32.1 Å². The fourth-order valence-corrected chi connectivity index (χ4v) is 2.31. The summed E-state index contributed by atoms with van der Waals surface area (Å²) in [6, 6.07) is 0. The summed E-state index contributed by atoms with van der Waals surface area (Å²) in [5, 5.41) is 11.0. The van der Waals surface area contributed by atoms with Crippen molar-refractivity contribution >= 4 is 12.1 Å². The number of carbonyl (C=O) groups is 2. The SMILES string of the molecule is CCCCCCCCCCC(=O)OC(CCCC)NC(=O)O. The van der Waals surface area contributed by atoms with E-state index in [2.05, 4.69) is 12.2 Å². The van der Waals surface area contributed by atoms with Crippen LogP contribution in [0.15, 0.2) is 0 Å². The van der Waals surface area contributed by atoms with Gasteiger partial charge in [-0.1, -0.05) is 65.2 Å². The number of ether oxygens (including phenoxy) is 1. The smallest absolute Gasteiger partial charge is 0.407 e. The number of hydrogen-bond donors (Lipinski definition) is 2. The third kappa shape index (κ3) is 13.7. The standard InChI is InChI=1S/C17H33NO4/c1-3-5-7-8-9-10-11-12-14-16(19)22-15(13-6-4-2)18-17(20)21/h15,18H,3-14H2,1-2H3,(H,20,21). The first-order valence-corrected chi connectivity index (χ1v) is 8.79. The molecule has 0 aliphatic rings. The third-order valence-electron chi connectivity index (χ3n) is 3.61. The van der Waals surface area contributed by atoms with Crippen molar-refractivity contribution in [2.45, 2.75) is 97.1 Å². The van der Waals surface area contributed by atoms with Gasteiger partial charge in [0, 0.05) is 12.8 Å². The van der Waals surface area contributed by atoms with Crippen LogP contribution in [0.3, 0.4) is 0 Å². The molecule has 0 aliphatic carbocycles. The maximum Gasteiger partial charge on any atom is 0.407 e. The Kier molecular flexibility index (Phi) is 13.8. The van der Waals surface area contributed by atoms with Crippen molar-refractivity contribution in [3.8, 4) is 0 Å². The van der Waals surface area contributed by atoms with Gasteiger partial charge < -0.3 is 9.84 Å². The van der Waals surface area contributed by atoms with Crippen molar-refractivity contribution < 1.29 is 19.4 Å². The van der Waals surface area contributed by atoms with Crippen molar-refractivity contribution in [3.63, 3.8) is 0 Å². The van der Waals surface area contributed by atoms with Crippen LogP contribution < -0.4 is 5.32 Å². The summed E-state index contributed by atoms with van der Waals surface area (Å²) < 4.78 is 5.19. The number of rotatable bonds is 14. The number of hydrogen-bond acceptors (Lipinski definition) is 3. The van der Waals surface area contributed by atoms with Crippen LogP contribution in [0.1, 0.15) is 90.9 Å². The average Bonchev–Trinajstić information content (AvgIpc) is 2.47. The minimum atomic E-state index is -1.15. The van der Waals surface area contributed by atoms with Gasteiger partial charge in [0.15, 0.2) is 6.23 Å². The molecule has 0 heterocycles. The Balaban J connectivity index is 3.69. The van der Waals surface area contributed by atoms with Gasteiger partial charge in [0.2, 0.25) is 0 Å². The Bertz CT molecular complexity index is 294. The molecule has 0 radical (unpaired) electrons. The van der Waals surface area contributed by atoms with Gasteiger partial charge in [0.05, 0.1) is 0 Å². The van der Waals surface area contributed by atoms with Crippen molar-refractivity contribution in [3.05, 3.63) is 0 Å². The first-order valence-electron chi connectivity index (χ1n) is 8.79. The Morgan fingerprint density at radius 3 is 2.00 bits per heavy atom.